The molecule has 1 aliphatic rings. The number of hydrogen-bond acceptors (Lipinski definition) is 0. The zero-order valence-electron chi connectivity index (χ0n) is 10.2. The van der Waals surface area contributed by atoms with Gasteiger partial charge in [0.05, 0.1) is 16.5 Å². The highest BCUT2D eigenvalue weighted by Gasteiger charge is 2.32. The summed E-state index contributed by atoms with van der Waals surface area (Å²) in [6, 6.07) is 16.8. The van der Waals surface area contributed by atoms with Crippen LogP contribution in [0, 0.1) is 6.92 Å². The van der Waals surface area contributed by atoms with Gasteiger partial charge >= 0.3 is 11.3 Å². The second kappa shape index (κ2) is 3.42. The summed E-state index contributed by atoms with van der Waals surface area (Å²) in [7, 11) is 0. The Labute approximate surface area is 106 Å². The summed E-state index contributed by atoms with van der Waals surface area (Å²) in [5.41, 5.74) is 6.29. The minimum atomic E-state index is 0.977. The Morgan fingerprint density at radius 3 is 2.67 bits per heavy atom. The monoisotopic (exact) mass is 233 g/mol. The van der Waals surface area contributed by atoms with Crippen LogP contribution in [-0.4, -0.2) is 0 Å². The van der Waals surface area contributed by atoms with Gasteiger partial charge < -0.3 is 0 Å². The summed E-state index contributed by atoms with van der Waals surface area (Å²) < 4.78 is 6.11. The second-order valence-electron chi connectivity index (χ2n) is 4.86. The Morgan fingerprint density at radius 2 is 1.72 bits per heavy atom. The Bertz CT molecular complexity index is 772. The van der Waals surface area contributed by atoms with Crippen molar-refractivity contribution in [3.05, 3.63) is 65.2 Å². The van der Waals surface area contributed by atoms with Crippen LogP contribution in [0.2, 0.25) is 0 Å². The first-order valence-electron chi connectivity index (χ1n) is 6.27. The first-order valence-corrected chi connectivity index (χ1v) is 6.27. The molecule has 86 valence electrons. The van der Waals surface area contributed by atoms with E-state index < -0.39 is 0 Å². The predicted molar refractivity (Wildman–Crippen MR) is 73.6 cm³/mol. The van der Waals surface area contributed by atoms with Crippen LogP contribution < -0.4 is 0 Å². The fourth-order valence-electron chi connectivity index (χ4n) is 2.89. The molecule has 2 aromatic carbocycles. The lowest BCUT2D eigenvalue weighted by Gasteiger charge is -1.98. The van der Waals surface area contributed by atoms with Gasteiger partial charge in [0.2, 0.25) is 0 Å². The third kappa shape index (κ3) is 1.19. The summed E-state index contributed by atoms with van der Waals surface area (Å²) >= 11 is 0. The zero-order valence-corrected chi connectivity index (χ0v) is 10.2. The van der Waals surface area contributed by atoms with Crippen LogP contribution in [0.5, 0.6) is 0 Å². The molecule has 4 rings (SSSR count). The molecule has 0 radical (unpaired) electrons. The molecule has 0 amide bonds. The van der Waals surface area contributed by atoms with E-state index >= 15 is 0 Å². The average Bonchev–Trinajstić information content (AvgIpc) is 2.79. The molecule has 1 aromatic heterocycles. The molecular formula is C17H13O+. The van der Waals surface area contributed by atoms with Crippen LogP contribution in [0.3, 0.4) is 0 Å². The number of hydrogen-bond donors (Lipinski definition) is 0. The van der Waals surface area contributed by atoms with Crippen molar-refractivity contribution in [1.82, 2.24) is 0 Å². The molecule has 18 heavy (non-hydrogen) atoms. The van der Waals surface area contributed by atoms with E-state index in [9.17, 15) is 0 Å². The fourth-order valence-corrected chi connectivity index (χ4v) is 2.89. The maximum atomic E-state index is 6.11. The number of benzene rings is 2. The van der Waals surface area contributed by atoms with Gasteiger partial charge in [-0.2, -0.15) is 0 Å². The van der Waals surface area contributed by atoms with Crippen molar-refractivity contribution in [2.24, 2.45) is 0 Å². The Morgan fingerprint density at radius 1 is 0.944 bits per heavy atom. The SMILES string of the molecule is Cc1c2c([o+]c3ccccc13)-c1ccccc1C2. The van der Waals surface area contributed by atoms with Crippen LogP contribution in [0.15, 0.2) is 52.9 Å². The second-order valence-corrected chi connectivity index (χ2v) is 4.86. The van der Waals surface area contributed by atoms with Crippen molar-refractivity contribution in [2.75, 3.05) is 0 Å². The van der Waals surface area contributed by atoms with Crippen molar-refractivity contribution in [3.63, 3.8) is 0 Å². The van der Waals surface area contributed by atoms with Crippen molar-refractivity contribution in [2.45, 2.75) is 13.3 Å². The number of fused-ring (bicyclic) bond motifs is 4. The van der Waals surface area contributed by atoms with Crippen LogP contribution in [-0.2, 0) is 6.42 Å². The van der Waals surface area contributed by atoms with Gasteiger partial charge in [-0.05, 0) is 30.2 Å². The van der Waals surface area contributed by atoms with E-state index in [-0.39, 0.29) is 0 Å². The highest BCUT2D eigenvalue weighted by atomic mass is 16.3. The molecule has 1 heterocycles. The van der Waals surface area contributed by atoms with Crippen LogP contribution in [0.25, 0.3) is 22.3 Å². The molecule has 0 fully saturated rings. The van der Waals surface area contributed by atoms with E-state index in [0.717, 1.165) is 17.8 Å². The molecule has 1 nitrogen and oxygen atoms in total. The van der Waals surface area contributed by atoms with Crippen molar-refractivity contribution in [1.29, 1.82) is 0 Å². The fraction of sp³-hybridized carbons (Fsp3) is 0.118. The predicted octanol–water partition coefficient (Wildman–Crippen LogP) is 4.59. The lowest BCUT2D eigenvalue weighted by molar-refractivity contribution is 0.617. The van der Waals surface area contributed by atoms with E-state index in [2.05, 4.69) is 43.3 Å². The maximum absolute atomic E-state index is 6.11. The van der Waals surface area contributed by atoms with Crippen molar-refractivity contribution < 1.29 is 4.42 Å². The molecule has 1 aliphatic carbocycles. The summed E-state index contributed by atoms with van der Waals surface area (Å²) in [5, 5.41) is 1.23. The van der Waals surface area contributed by atoms with Gasteiger partial charge in [0.15, 0.2) is 0 Å². The first kappa shape index (κ1) is 9.84. The molecular weight excluding hydrogens is 220 g/mol. The van der Waals surface area contributed by atoms with Gasteiger partial charge in [0.25, 0.3) is 0 Å². The lowest BCUT2D eigenvalue weighted by atomic mass is 10.0. The van der Waals surface area contributed by atoms with Gasteiger partial charge in [-0.3, -0.25) is 0 Å². The number of aryl methyl sites for hydroxylation is 1. The topological polar surface area (TPSA) is 11.3 Å². The minimum absolute atomic E-state index is 0.977. The molecule has 0 saturated heterocycles. The van der Waals surface area contributed by atoms with Crippen molar-refractivity contribution >= 4 is 11.0 Å². The molecule has 3 aromatic rings. The average molecular weight is 233 g/mol. The minimum Gasteiger partial charge on any atom is -0.206 e. The number of rotatable bonds is 0. The Kier molecular flexibility index (Phi) is 1.87. The van der Waals surface area contributed by atoms with Crippen LogP contribution >= 0.6 is 0 Å². The highest BCUT2D eigenvalue weighted by molar-refractivity contribution is 5.87. The molecule has 0 unspecified atom stereocenters. The molecule has 0 N–H and O–H groups in total. The third-order valence-corrected chi connectivity index (χ3v) is 3.86. The van der Waals surface area contributed by atoms with Gasteiger partial charge in [0, 0.05) is 12.5 Å². The van der Waals surface area contributed by atoms with Crippen LogP contribution in [0.1, 0.15) is 16.7 Å². The smallest absolute Gasteiger partial charge is 0.206 e. The van der Waals surface area contributed by atoms with Gasteiger partial charge in [-0.15, -0.1) is 0 Å². The van der Waals surface area contributed by atoms with Crippen LogP contribution in [0.4, 0.5) is 0 Å². The quantitative estimate of drug-likeness (QED) is 0.404. The molecule has 0 atom stereocenters. The Hall–Kier alpha value is -2.15. The first-order chi connectivity index (χ1) is 8.84. The lowest BCUT2D eigenvalue weighted by Crippen LogP contribution is -1.88. The zero-order chi connectivity index (χ0) is 12.1. The molecule has 0 bridgehead atoms. The summed E-state index contributed by atoms with van der Waals surface area (Å²) in [6.45, 7) is 2.20. The van der Waals surface area contributed by atoms with E-state index in [1.54, 1.807) is 0 Å². The normalized spacial score (nSPS) is 12.5. The van der Waals surface area contributed by atoms with Gasteiger partial charge in [-0.1, -0.05) is 30.3 Å². The summed E-state index contributed by atoms with van der Waals surface area (Å²) in [6.07, 6.45) is 0.992. The van der Waals surface area contributed by atoms with Gasteiger partial charge in [0.1, 0.15) is 0 Å². The number of para-hydroxylation sites is 1. The third-order valence-electron chi connectivity index (χ3n) is 3.86. The highest BCUT2D eigenvalue weighted by Crippen LogP contribution is 2.40. The molecule has 0 aliphatic heterocycles. The van der Waals surface area contributed by atoms with E-state index in [1.807, 2.05) is 12.1 Å². The van der Waals surface area contributed by atoms with E-state index in [4.69, 9.17) is 4.42 Å². The van der Waals surface area contributed by atoms with Gasteiger partial charge in [-0.25, -0.2) is 4.42 Å². The molecule has 0 spiro atoms. The van der Waals surface area contributed by atoms with E-state index in [0.29, 0.717) is 0 Å². The Balaban J connectivity index is 2.13. The van der Waals surface area contributed by atoms with Crippen molar-refractivity contribution in [3.8, 4) is 11.3 Å². The van der Waals surface area contributed by atoms with E-state index in [1.165, 1.54) is 27.6 Å². The maximum Gasteiger partial charge on any atom is 0.364 e. The summed E-state index contributed by atoms with van der Waals surface area (Å²) in [5.74, 6) is 1.06. The largest absolute Gasteiger partial charge is 0.364 e. The standard InChI is InChI=1S/C17H13O/c1-11-13-7-4-5-9-16(13)18-17-14-8-3-2-6-12(14)10-15(11)17/h2-9H,10H2,1H3/q+1. The molecule has 0 saturated carbocycles. The summed E-state index contributed by atoms with van der Waals surface area (Å²) in [4.78, 5) is 0. The molecule has 1 heteroatoms.